The molecule has 0 spiro atoms. The Hall–Kier alpha value is -4.10. The molecule has 1 aliphatic heterocycles. The van der Waals surface area contributed by atoms with Gasteiger partial charge in [0.05, 0.1) is 28.9 Å². The number of halogens is 4. The number of hydrazine groups is 1. The van der Waals surface area contributed by atoms with Gasteiger partial charge in [-0.25, -0.2) is 10.2 Å². The fourth-order valence-electron chi connectivity index (χ4n) is 5.07. The van der Waals surface area contributed by atoms with Crippen LogP contribution in [0.3, 0.4) is 0 Å². The smallest absolute Gasteiger partial charge is 0.397 e. The van der Waals surface area contributed by atoms with Gasteiger partial charge in [-0.05, 0) is 57.6 Å². The highest BCUT2D eigenvalue weighted by atomic mass is 19.4. The quantitative estimate of drug-likeness (QED) is 0.255. The van der Waals surface area contributed by atoms with Crippen LogP contribution in [0.1, 0.15) is 40.0 Å². The third-order valence-electron chi connectivity index (χ3n) is 7.74. The molecular weight excluding hydrogens is 552 g/mol. The molecule has 2 aromatic rings. The number of likely N-dealkylation sites (N-methyl/N-ethyl adjacent to an activating group) is 2. The molecule has 4 rings (SSSR count). The van der Waals surface area contributed by atoms with Crippen LogP contribution in [0, 0.1) is 13.8 Å². The van der Waals surface area contributed by atoms with Crippen molar-refractivity contribution in [1.29, 1.82) is 0 Å². The number of amides is 1. The minimum atomic E-state index is -4.97. The number of nitrogens with two attached hydrogens (primary N) is 2. The first-order valence-corrected chi connectivity index (χ1v) is 13.4. The van der Waals surface area contributed by atoms with Crippen molar-refractivity contribution in [3.05, 3.63) is 87.9 Å². The van der Waals surface area contributed by atoms with E-state index in [0.29, 0.717) is 36.0 Å². The zero-order chi connectivity index (χ0) is 30.9. The zero-order valence-electron chi connectivity index (χ0n) is 24.3. The van der Waals surface area contributed by atoms with Crippen LogP contribution in [0.5, 0.6) is 0 Å². The molecule has 2 aliphatic rings. The molecular formula is C29H36F4N8O. The Morgan fingerprint density at radius 3 is 2.55 bits per heavy atom. The van der Waals surface area contributed by atoms with Gasteiger partial charge in [0, 0.05) is 61.8 Å². The molecule has 13 heteroatoms. The van der Waals surface area contributed by atoms with E-state index in [9.17, 15) is 18.0 Å². The number of hydrogen-bond acceptors (Lipinski definition) is 7. The number of aromatic nitrogens is 2. The lowest BCUT2D eigenvalue weighted by Crippen LogP contribution is -2.34. The molecule has 1 amide bonds. The molecule has 42 heavy (non-hydrogen) atoms. The van der Waals surface area contributed by atoms with E-state index in [4.69, 9.17) is 11.6 Å². The van der Waals surface area contributed by atoms with Crippen LogP contribution in [0.2, 0.25) is 0 Å². The van der Waals surface area contributed by atoms with Crippen LogP contribution < -0.4 is 21.9 Å². The second-order valence-corrected chi connectivity index (χ2v) is 10.7. The summed E-state index contributed by atoms with van der Waals surface area (Å²) in [7, 11) is 5.29. The van der Waals surface area contributed by atoms with Gasteiger partial charge in [0.2, 0.25) is 0 Å². The van der Waals surface area contributed by atoms with Gasteiger partial charge in [-0.3, -0.25) is 14.5 Å². The number of nitrogens with one attached hydrogen (secondary N) is 1. The van der Waals surface area contributed by atoms with E-state index in [2.05, 4.69) is 10.4 Å². The summed E-state index contributed by atoms with van der Waals surface area (Å²) in [6, 6.07) is 4.57. The van der Waals surface area contributed by atoms with Crippen LogP contribution in [0.4, 0.5) is 23.2 Å². The van der Waals surface area contributed by atoms with E-state index in [-0.39, 0.29) is 29.4 Å². The molecule has 0 bridgehead atoms. The van der Waals surface area contributed by atoms with Crippen LogP contribution in [0.25, 0.3) is 5.70 Å². The number of hydrogen-bond donors (Lipinski definition) is 3. The monoisotopic (exact) mass is 588 g/mol. The molecule has 226 valence electrons. The minimum Gasteiger partial charge on any atom is -0.397 e. The van der Waals surface area contributed by atoms with Crippen molar-refractivity contribution in [2.24, 2.45) is 18.6 Å². The number of carbonyl (C=O) groups is 1. The second kappa shape index (κ2) is 12.0. The lowest BCUT2D eigenvalue weighted by molar-refractivity contribution is -0.0900. The molecule has 1 fully saturated rings. The number of aryl methyl sites for hydroxylation is 2. The molecule has 5 N–H and O–H groups in total. The zero-order valence-corrected chi connectivity index (χ0v) is 24.3. The fourth-order valence-corrected chi connectivity index (χ4v) is 5.07. The number of likely N-dealkylation sites (tertiary alicyclic amines) is 1. The normalized spacial score (nSPS) is 18.5. The third kappa shape index (κ3) is 6.52. The average Bonchev–Trinajstić information content (AvgIpc) is 3.45. The standard InChI is InChI=1S/C29H36F4N8O/c1-17-6-7-19(12-26(17)41(35)16-24(34)22-14-36-40(5)18(22)2)28(42)37-20-8-9-25(27(30)23(13-20)29(31,32)33)39(4)21-10-11-38(3)15-21/h6-7,9,12-14,16,21H,8,10-11,15,34-35H2,1-5H3,(H,37,42)/b24-16-. The number of nitrogens with zero attached hydrogens (tertiary/aromatic N) is 5. The summed E-state index contributed by atoms with van der Waals surface area (Å²) >= 11 is 0. The van der Waals surface area contributed by atoms with Gasteiger partial charge < -0.3 is 20.9 Å². The van der Waals surface area contributed by atoms with E-state index in [1.165, 1.54) is 29.4 Å². The predicted octanol–water partition coefficient (Wildman–Crippen LogP) is 4.00. The Balaban J connectivity index is 1.58. The Labute approximate surface area is 242 Å². The van der Waals surface area contributed by atoms with Crippen LogP contribution in [-0.4, -0.2) is 64.9 Å². The van der Waals surface area contributed by atoms with E-state index < -0.39 is 23.5 Å². The van der Waals surface area contributed by atoms with Gasteiger partial charge in [-0.1, -0.05) is 12.1 Å². The van der Waals surface area contributed by atoms with Gasteiger partial charge in [0.25, 0.3) is 5.91 Å². The highest BCUT2D eigenvalue weighted by Gasteiger charge is 2.39. The number of rotatable bonds is 7. The lowest BCUT2D eigenvalue weighted by atomic mass is 10.1. The summed E-state index contributed by atoms with van der Waals surface area (Å²) in [6.07, 6.45) is 0.786. The first-order valence-electron chi connectivity index (χ1n) is 13.4. The number of alkyl halides is 3. The minimum absolute atomic E-state index is 0.0858. The highest BCUT2D eigenvalue weighted by molar-refractivity contribution is 5.96. The van der Waals surface area contributed by atoms with Crippen LogP contribution >= 0.6 is 0 Å². The van der Waals surface area contributed by atoms with Crippen molar-refractivity contribution >= 4 is 17.3 Å². The van der Waals surface area contributed by atoms with Crippen molar-refractivity contribution in [2.45, 2.75) is 38.9 Å². The fraction of sp³-hybridized carbons (Fsp3) is 0.379. The van der Waals surface area contributed by atoms with Gasteiger partial charge in [0.1, 0.15) is 0 Å². The maximum atomic E-state index is 15.4. The summed E-state index contributed by atoms with van der Waals surface area (Å²) in [6.45, 7) is 5.02. The molecule has 2 heterocycles. The SMILES string of the molecule is Cc1ccc(C(=O)NC2=CC(C(F)(F)F)=C(F)C(N(C)C3CCN(C)C3)=CC2)cc1N(N)/C=C(\N)c1cnn(C)c1C. The Morgan fingerprint density at radius 2 is 1.95 bits per heavy atom. The molecule has 1 unspecified atom stereocenters. The summed E-state index contributed by atoms with van der Waals surface area (Å²) in [5.41, 5.74) is 7.77. The van der Waals surface area contributed by atoms with Crippen molar-refractivity contribution in [1.82, 2.24) is 24.9 Å². The van der Waals surface area contributed by atoms with Crippen LogP contribution in [0.15, 0.2) is 65.5 Å². The largest absolute Gasteiger partial charge is 0.419 e. The number of anilines is 1. The molecule has 0 saturated carbocycles. The van der Waals surface area contributed by atoms with Gasteiger partial charge in [-0.2, -0.15) is 18.3 Å². The van der Waals surface area contributed by atoms with E-state index in [1.807, 2.05) is 18.9 Å². The summed E-state index contributed by atoms with van der Waals surface area (Å²) in [5, 5.41) is 7.97. The Bertz CT molecular complexity index is 1490. The lowest BCUT2D eigenvalue weighted by Gasteiger charge is -2.29. The van der Waals surface area contributed by atoms with Crippen molar-refractivity contribution in [3.8, 4) is 0 Å². The van der Waals surface area contributed by atoms with Crippen molar-refractivity contribution < 1.29 is 22.4 Å². The third-order valence-corrected chi connectivity index (χ3v) is 7.74. The maximum absolute atomic E-state index is 15.4. The van der Waals surface area contributed by atoms with E-state index in [0.717, 1.165) is 17.8 Å². The molecule has 1 aromatic carbocycles. The second-order valence-electron chi connectivity index (χ2n) is 10.7. The highest BCUT2D eigenvalue weighted by Crippen LogP contribution is 2.37. The number of benzene rings is 1. The van der Waals surface area contributed by atoms with Crippen molar-refractivity contribution in [3.63, 3.8) is 0 Å². The van der Waals surface area contributed by atoms with Gasteiger partial charge in [0.15, 0.2) is 5.83 Å². The predicted molar refractivity (Wildman–Crippen MR) is 154 cm³/mol. The molecule has 9 nitrogen and oxygen atoms in total. The van der Waals surface area contributed by atoms with Gasteiger partial charge >= 0.3 is 6.18 Å². The van der Waals surface area contributed by atoms with E-state index >= 15 is 4.39 Å². The molecule has 1 aromatic heterocycles. The summed E-state index contributed by atoms with van der Waals surface area (Å²) in [5.74, 6) is 4.24. The Morgan fingerprint density at radius 1 is 1.24 bits per heavy atom. The molecule has 1 atom stereocenters. The van der Waals surface area contributed by atoms with Crippen LogP contribution in [-0.2, 0) is 7.05 Å². The van der Waals surface area contributed by atoms with Gasteiger partial charge in [-0.15, -0.1) is 0 Å². The first-order chi connectivity index (χ1) is 19.7. The maximum Gasteiger partial charge on any atom is 0.419 e. The molecule has 1 saturated heterocycles. The summed E-state index contributed by atoms with van der Waals surface area (Å²) < 4.78 is 59.0. The average molecular weight is 589 g/mol. The number of allylic oxidation sites excluding steroid dienone is 4. The van der Waals surface area contributed by atoms with Crippen molar-refractivity contribution in [2.75, 3.05) is 32.2 Å². The number of carbonyl (C=O) groups excluding carboxylic acids is 1. The first kappa shape index (κ1) is 30.8. The summed E-state index contributed by atoms with van der Waals surface area (Å²) in [4.78, 5) is 16.8. The molecule has 0 radical (unpaired) electrons. The Kier molecular flexibility index (Phi) is 8.83. The topological polar surface area (TPSA) is 109 Å². The molecule has 1 aliphatic carbocycles. The van der Waals surface area contributed by atoms with E-state index in [1.54, 1.807) is 42.9 Å².